The van der Waals surface area contributed by atoms with Gasteiger partial charge in [-0.3, -0.25) is 9.59 Å². The summed E-state index contributed by atoms with van der Waals surface area (Å²) in [6.45, 7) is 0.650. The van der Waals surface area contributed by atoms with E-state index in [2.05, 4.69) is 5.32 Å². The minimum Gasteiger partial charge on any atom is -0.352 e. The van der Waals surface area contributed by atoms with Crippen molar-refractivity contribution in [1.29, 1.82) is 0 Å². The predicted molar refractivity (Wildman–Crippen MR) is 126 cm³/mol. The average Bonchev–Trinajstić information content (AvgIpc) is 3.19. The first-order valence-electron chi connectivity index (χ1n) is 11.8. The highest BCUT2D eigenvalue weighted by molar-refractivity contribution is 5.94. The minimum absolute atomic E-state index is 0.0427. The lowest BCUT2D eigenvalue weighted by Gasteiger charge is -2.31. The fourth-order valence-electron chi connectivity index (χ4n) is 4.60. The van der Waals surface area contributed by atoms with Crippen molar-refractivity contribution in [2.75, 3.05) is 13.6 Å². The molecular weight excluding hydrogens is 419 g/mol. The summed E-state index contributed by atoms with van der Waals surface area (Å²) in [6.07, 6.45) is 6.99. The van der Waals surface area contributed by atoms with Gasteiger partial charge in [-0.2, -0.15) is 0 Å². The second-order valence-corrected chi connectivity index (χ2v) is 8.74. The van der Waals surface area contributed by atoms with Crippen molar-refractivity contribution in [3.05, 3.63) is 65.7 Å². The van der Waals surface area contributed by atoms with Gasteiger partial charge in [0, 0.05) is 26.1 Å². The average molecular weight is 451 g/mol. The maximum Gasteiger partial charge on any atom is 0.254 e. The first-order valence-corrected chi connectivity index (χ1v) is 11.8. The third kappa shape index (κ3) is 5.41. The molecule has 7 heteroatoms. The van der Waals surface area contributed by atoms with E-state index >= 15 is 0 Å². The number of imidazole rings is 1. The molecule has 174 valence electrons. The zero-order valence-electron chi connectivity index (χ0n) is 19.1. The SMILES string of the molecule is CN(C(=O)Cn1c(CCCNC(=O)c2ccccc2F)nc2ccccc21)C1CCCCC1. The third-order valence-electron chi connectivity index (χ3n) is 6.52. The van der Waals surface area contributed by atoms with Gasteiger partial charge in [0.2, 0.25) is 5.91 Å². The standard InChI is InChI=1S/C26H31FN4O2/c1-30(19-10-3-2-4-11-19)25(32)18-31-23-15-8-7-14-22(23)29-24(31)16-9-17-28-26(33)20-12-5-6-13-21(20)27/h5-8,12-15,19H,2-4,9-11,16-18H2,1H3,(H,28,33). The molecule has 1 aliphatic carbocycles. The highest BCUT2D eigenvalue weighted by atomic mass is 19.1. The molecule has 3 aromatic rings. The number of amides is 2. The second kappa shape index (κ2) is 10.6. The van der Waals surface area contributed by atoms with Crippen LogP contribution in [-0.4, -0.2) is 45.9 Å². The molecule has 0 saturated heterocycles. The lowest BCUT2D eigenvalue weighted by Crippen LogP contribution is -2.40. The highest BCUT2D eigenvalue weighted by Gasteiger charge is 2.23. The first kappa shape index (κ1) is 23.0. The highest BCUT2D eigenvalue weighted by Crippen LogP contribution is 2.23. The number of fused-ring (bicyclic) bond motifs is 1. The van der Waals surface area contributed by atoms with Gasteiger partial charge in [-0.15, -0.1) is 0 Å². The quantitative estimate of drug-likeness (QED) is 0.520. The third-order valence-corrected chi connectivity index (χ3v) is 6.52. The van der Waals surface area contributed by atoms with E-state index in [1.165, 1.54) is 31.4 Å². The monoisotopic (exact) mass is 450 g/mol. The van der Waals surface area contributed by atoms with Crippen molar-refractivity contribution >= 4 is 22.8 Å². The topological polar surface area (TPSA) is 67.2 Å². The largest absolute Gasteiger partial charge is 0.352 e. The zero-order chi connectivity index (χ0) is 23.2. The molecule has 0 radical (unpaired) electrons. The van der Waals surface area contributed by atoms with Crippen LogP contribution < -0.4 is 5.32 Å². The Hall–Kier alpha value is -3.22. The lowest BCUT2D eigenvalue weighted by molar-refractivity contribution is -0.133. The van der Waals surface area contributed by atoms with Gasteiger partial charge in [0.15, 0.2) is 0 Å². The lowest BCUT2D eigenvalue weighted by atomic mass is 9.94. The van der Waals surface area contributed by atoms with Gasteiger partial charge < -0.3 is 14.8 Å². The van der Waals surface area contributed by atoms with Crippen molar-refractivity contribution in [1.82, 2.24) is 19.8 Å². The summed E-state index contributed by atoms with van der Waals surface area (Å²) in [4.78, 5) is 32.0. The number of hydrogen-bond acceptors (Lipinski definition) is 3. The number of para-hydroxylation sites is 2. The van der Waals surface area contributed by atoms with Crippen molar-refractivity contribution in [3.8, 4) is 0 Å². The van der Waals surface area contributed by atoms with E-state index in [1.54, 1.807) is 12.1 Å². The molecule has 33 heavy (non-hydrogen) atoms. The molecular formula is C26H31FN4O2. The van der Waals surface area contributed by atoms with Gasteiger partial charge in [-0.05, 0) is 43.5 Å². The number of carbonyl (C=O) groups excluding carboxylic acids is 2. The second-order valence-electron chi connectivity index (χ2n) is 8.74. The van der Waals surface area contributed by atoms with Crippen molar-refractivity contribution in [3.63, 3.8) is 0 Å². The Labute approximate surface area is 193 Å². The number of carbonyl (C=O) groups is 2. The fourth-order valence-corrected chi connectivity index (χ4v) is 4.60. The van der Waals surface area contributed by atoms with E-state index in [1.807, 2.05) is 40.8 Å². The molecule has 0 unspecified atom stereocenters. The number of nitrogens with one attached hydrogen (secondary N) is 1. The number of nitrogens with zero attached hydrogens (tertiary/aromatic N) is 3. The molecule has 1 fully saturated rings. The first-order chi connectivity index (χ1) is 16.0. The number of hydrogen-bond donors (Lipinski definition) is 1. The smallest absolute Gasteiger partial charge is 0.254 e. The van der Waals surface area contributed by atoms with E-state index in [9.17, 15) is 14.0 Å². The molecule has 0 spiro atoms. The summed E-state index contributed by atoms with van der Waals surface area (Å²) >= 11 is 0. The molecule has 0 bridgehead atoms. The van der Waals surface area contributed by atoms with Gasteiger partial charge in [0.05, 0.1) is 16.6 Å². The summed E-state index contributed by atoms with van der Waals surface area (Å²) in [5.41, 5.74) is 1.84. The molecule has 1 saturated carbocycles. The number of aryl methyl sites for hydroxylation is 1. The van der Waals surface area contributed by atoms with Crippen LogP contribution in [0.15, 0.2) is 48.5 Å². The van der Waals surface area contributed by atoms with Crippen LogP contribution in [-0.2, 0) is 17.8 Å². The molecule has 1 aromatic heterocycles. The van der Waals surface area contributed by atoms with Crippen LogP contribution in [0.25, 0.3) is 11.0 Å². The van der Waals surface area contributed by atoms with Crippen LogP contribution >= 0.6 is 0 Å². The van der Waals surface area contributed by atoms with E-state index in [0.717, 1.165) is 29.7 Å². The Morgan fingerprint density at radius 2 is 1.82 bits per heavy atom. The van der Waals surface area contributed by atoms with Gasteiger partial charge in [0.25, 0.3) is 5.91 Å². The number of aromatic nitrogens is 2. The molecule has 0 aliphatic heterocycles. The molecule has 1 N–H and O–H groups in total. The predicted octanol–water partition coefficient (Wildman–Crippen LogP) is 4.33. The molecule has 0 atom stereocenters. The van der Waals surface area contributed by atoms with E-state index < -0.39 is 11.7 Å². The van der Waals surface area contributed by atoms with E-state index in [4.69, 9.17) is 4.98 Å². The van der Waals surface area contributed by atoms with Crippen LogP contribution in [0.3, 0.4) is 0 Å². The minimum atomic E-state index is -0.530. The Morgan fingerprint density at radius 3 is 2.61 bits per heavy atom. The Balaban J connectivity index is 1.41. The Bertz CT molecular complexity index is 1120. The Morgan fingerprint density at radius 1 is 1.09 bits per heavy atom. The van der Waals surface area contributed by atoms with Gasteiger partial charge in [0.1, 0.15) is 18.2 Å². The maximum atomic E-state index is 13.8. The van der Waals surface area contributed by atoms with Crippen LogP contribution in [0.4, 0.5) is 4.39 Å². The molecule has 4 rings (SSSR count). The molecule has 2 amide bonds. The number of benzene rings is 2. The van der Waals surface area contributed by atoms with Crippen LogP contribution in [0.1, 0.15) is 54.7 Å². The van der Waals surface area contributed by atoms with Gasteiger partial charge in [-0.1, -0.05) is 43.5 Å². The van der Waals surface area contributed by atoms with Crippen LogP contribution in [0.5, 0.6) is 0 Å². The van der Waals surface area contributed by atoms with Gasteiger partial charge >= 0.3 is 0 Å². The van der Waals surface area contributed by atoms with Gasteiger partial charge in [-0.25, -0.2) is 9.37 Å². The zero-order valence-corrected chi connectivity index (χ0v) is 19.1. The van der Waals surface area contributed by atoms with Crippen LogP contribution in [0, 0.1) is 5.82 Å². The van der Waals surface area contributed by atoms with Crippen molar-refractivity contribution in [2.24, 2.45) is 0 Å². The van der Waals surface area contributed by atoms with Crippen molar-refractivity contribution in [2.45, 2.75) is 57.5 Å². The normalized spacial score (nSPS) is 14.4. The fraction of sp³-hybridized carbons (Fsp3) is 0.423. The molecule has 1 aliphatic rings. The molecule has 6 nitrogen and oxygen atoms in total. The summed E-state index contributed by atoms with van der Waals surface area (Å²) < 4.78 is 15.8. The van der Waals surface area contributed by atoms with Crippen molar-refractivity contribution < 1.29 is 14.0 Å². The number of rotatable bonds is 8. The molecule has 2 aromatic carbocycles. The van der Waals surface area contributed by atoms with E-state index in [0.29, 0.717) is 25.4 Å². The summed E-state index contributed by atoms with van der Waals surface area (Å²) in [5, 5.41) is 2.77. The summed E-state index contributed by atoms with van der Waals surface area (Å²) in [7, 11) is 1.91. The number of likely N-dealkylation sites (N-methyl/N-ethyl adjacent to an activating group) is 1. The van der Waals surface area contributed by atoms with Crippen LogP contribution in [0.2, 0.25) is 0 Å². The maximum absolute atomic E-state index is 13.8. The molecule has 1 heterocycles. The number of halogens is 1. The Kier molecular flexibility index (Phi) is 7.37. The summed E-state index contributed by atoms with van der Waals surface area (Å²) in [6, 6.07) is 14.1. The van der Waals surface area contributed by atoms with E-state index in [-0.39, 0.29) is 18.0 Å². The summed E-state index contributed by atoms with van der Waals surface area (Å²) in [5.74, 6) is -0.0378.